The molecule has 142 valence electrons. The minimum atomic E-state index is -0.288. The van der Waals surface area contributed by atoms with Crippen molar-refractivity contribution in [2.45, 2.75) is 0 Å². The third-order valence-corrected chi connectivity index (χ3v) is 6.47. The topological polar surface area (TPSA) is 20.2 Å². The van der Waals surface area contributed by atoms with E-state index in [0.717, 1.165) is 42.7 Å². The van der Waals surface area contributed by atoms with Gasteiger partial charge in [0.15, 0.2) is 0 Å². The molecular weight excluding hydrogens is 451 g/mol. The summed E-state index contributed by atoms with van der Waals surface area (Å²) in [6, 6.07) is 24.5. The van der Waals surface area contributed by atoms with Crippen LogP contribution >= 0.6 is 15.9 Å². The standard InChI is InChI=1S/C26H13B4BrO/c27-22-21(23(28)25(30)26(32)24(22)29)20-17-7-3-1-5-15(17)19(13-9-11-14(31)12-10-13)16-6-2-4-8-18(16)20/h1-12,32H. The molecule has 5 aromatic carbocycles. The van der Waals surface area contributed by atoms with Crippen LogP contribution in [0.1, 0.15) is 0 Å². The van der Waals surface area contributed by atoms with Crippen molar-refractivity contribution in [2.75, 3.05) is 0 Å². The van der Waals surface area contributed by atoms with Gasteiger partial charge in [0.1, 0.15) is 31.4 Å². The average molecular weight is 465 g/mol. The van der Waals surface area contributed by atoms with Crippen LogP contribution in [-0.2, 0) is 0 Å². The molecule has 0 spiro atoms. The van der Waals surface area contributed by atoms with Crippen LogP contribution < -0.4 is 21.9 Å². The van der Waals surface area contributed by atoms with Crippen molar-refractivity contribution in [3.8, 4) is 28.0 Å². The molecule has 5 rings (SSSR count). The highest BCUT2D eigenvalue weighted by Gasteiger charge is 2.20. The third kappa shape index (κ3) is 3.12. The summed E-state index contributed by atoms with van der Waals surface area (Å²) in [5.41, 5.74) is 4.05. The Hall–Kier alpha value is -2.84. The molecule has 0 heterocycles. The van der Waals surface area contributed by atoms with Gasteiger partial charge in [-0.15, -0.1) is 0 Å². The summed E-state index contributed by atoms with van der Waals surface area (Å²) in [4.78, 5) is 0. The maximum atomic E-state index is 10.3. The molecule has 0 atom stereocenters. The Morgan fingerprint density at radius 3 is 1.34 bits per heavy atom. The molecule has 0 unspecified atom stereocenters. The lowest BCUT2D eigenvalue weighted by atomic mass is 9.64. The number of hydrogen-bond acceptors (Lipinski definition) is 1. The number of rotatable bonds is 2. The summed E-state index contributed by atoms with van der Waals surface area (Å²) < 4.78 is 1.02. The molecule has 0 amide bonds. The lowest BCUT2D eigenvalue weighted by Crippen LogP contribution is -2.42. The maximum absolute atomic E-state index is 10.3. The van der Waals surface area contributed by atoms with Crippen LogP contribution in [0.2, 0.25) is 0 Å². The number of hydrogen-bond donors (Lipinski definition) is 1. The second-order valence-electron chi connectivity index (χ2n) is 7.73. The Morgan fingerprint density at radius 1 is 0.500 bits per heavy atom. The van der Waals surface area contributed by atoms with Crippen LogP contribution in [-0.4, -0.2) is 36.5 Å². The van der Waals surface area contributed by atoms with Crippen LogP contribution in [0.25, 0.3) is 43.8 Å². The fraction of sp³-hybridized carbons (Fsp3) is 0. The Kier molecular flexibility index (Phi) is 5.22. The fourth-order valence-electron chi connectivity index (χ4n) is 4.41. The molecule has 0 aliphatic carbocycles. The molecule has 0 fully saturated rings. The molecular formula is C26H13B4BrO. The van der Waals surface area contributed by atoms with E-state index in [1.807, 2.05) is 48.5 Å². The summed E-state index contributed by atoms with van der Waals surface area (Å²) in [5.74, 6) is -0.288. The van der Waals surface area contributed by atoms with Crippen molar-refractivity contribution in [2.24, 2.45) is 0 Å². The zero-order valence-corrected chi connectivity index (χ0v) is 18.6. The van der Waals surface area contributed by atoms with Crippen LogP contribution in [0.15, 0.2) is 77.3 Å². The van der Waals surface area contributed by atoms with Gasteiger partial charge in [0, 0.05) is 4.47 Å². The number of aromatic hydroxyl groups is 1. The molecule has 0 aliphatic heterocycles. The van der Waals surface area contributed by atoms with Gasteiger partial charge in [-0.1, -0.05) is 98.4 Å². The normalized spacial score (nSPS) is 11.3. The summed E-state index contributed by atoms with van der Waals surface area (Å²) in [6.45, 7) is 0. The molecule has 0 aliphatic rings. The largest absolute Gasteiger partial charge is 0.509 e. The van der Waals surface area contributed by atoms with E-state index >= 15 is 0 Å². The third-order valence-electron chi connectivity index (χ3n) is 5.94. The predicted octanol–water partition coefficient (Wildman–Crippen LogP) is 2.97. The molecule has 0 bridgehead atoms. The quantitative estimate of drug-likeness (QED) is 0.315. The first-order chi connectivity index (χ1) is 15.4. The number of halogens is 1. The number of fused-ring (bicyclic) bond motifs is 2. The second kappa shape index (κ2) is 7.94. The zero-order valence-electron chi connectivity index (χ0n) is 17.1. The highest BCUT2D eigenvalue weighted by atomic mass is 79.9. The lowest BCUT2D eigenvalue weighted by Gasteiger charge is -2.24. The predicted molar refractivity (Wildman–Crippen MR) is 143 cm³/mol. The number of phenolic OH excluding ortho intramolecular Hbond substituents is 1. The summed E-state index contributed by atoms with van der Waals surface area (Å²) in [5, 5.41) is 14.3. The molecule has 8 radical (unpaired) electrons. The van der Waals surface area contributed by atoms with Gasteiger partial charge in [-0.25, -0.2) is 0 Å². The van der Waals surface area contributed by atoms with Gasteiger partial charge >= 0.3 is 0 Å². The Labute approximate surface area is 200 Å². The molecule has 32 heavy (non-hydrogen) atoms. The molecule has 0 aromatic heterocycles. The lowest BCUT2D eigenvalue weighted by molar-refractivity contribution is 0.484. The van der Waals surface area contributed by atoms with Crippen molar-refractivity contribution in [1.29, 1.82) is 0 Å². The Balaban J connectivity index is 2.02. The number of phenols is 1. The summed E-state index contributed by atoms with van der Waals surface area (Å²) in [7, 11) is 25.0. The van der Waals surface area contributed by atoms with Crippen molar-refractivity contribution < 1.29 is 5.11 Å². The minimum absolute atomic E-state index is 0.0249. The number of benzene rings is 5. The van der Waals surface area contributed by atoms with Gasteiger partial charge in [0.2, 0.25) is 0 Å². The van der Waals surface area contributed by atoms with Crippen molar-refractivity contribution in [3.63, 3.8) is 0 Å². The van der Waals surface area contributed by atoms with Crippen LogP contribution in [0, 0.1) is 0 Å². The second-order valence-corrected chi connectivity index (χ2v) is 8.64. The van der Waals surface area contributed by atoms with E-state index in [-0.39, 0.29) is 27.6 Å². The van der Waals surface area contributed by atoms with Crippen molar-refractivity contribution >= 4 is 90.7 Å². The first-order valence-electron chi connectivity index (χ1n) is 10.0. The Morgan fingerprint density at radius 2 is 0.906 bits per heavy atom. The van der Waals surface area contributed by atoms with Gasteiger partial charge in [-0.2, -0.15) is 0 Å². The maximum Gasteiger partial charge on any atom is 0.118 e. The molecule has 1 nitrogen and oxygen atoms in total. The summed E-state index contributed by atoms with van der Waals surface area (Å²) in [6.07, 6.45) is 0. The fourth-order valence-corrected chi connectivity index (χ4v) is 4.67. The average Bonchev–Trinajstić information content (AvgIpc) is 2.82. The van der Waals surface area contributed by atoms with Crippen LogP contribution in [0.3, 0.4) is 0 Å². The summed E-state index contributed by atoms with van der Waals surface area (Å²) >= 11 is 3.52. The highest BCUT2D eigenvalue weighted by molar-refractivity contribution is 9.10. The minimum Gasteiger partial charge on any atom is -0.509 e. The Bertz CT molecular complexity index is 1440. The smallest absolute Gasteiger partial charge is 0.118 e. The van der Waals surface area contributed by atoms with Crippen LogP contribution in [0.5, 0.6) is 5.75 Å². The van der Waals surface area contributed by atoms with Gasteiger partial charge in [-0.05, 0) is 55.9 Å². The molecule has 1 N–H and O–H groups in total. The van der Waals surface area contributed by atoms with E-state index < -0.39 is 0 Å². The molecule has 0 saturated heterocycles. The highest BCUT2D eigenvalue weighted by Crippen LogP contribution is 2.42. The van der Waals surface area contributed by atoms with Crippen molar-refractivity contribution in [3.05, 3.63) is 77.3 Å². The SMILES string of the molecule is [B]c1c([B])c(-c2c3ccccc3c(-c3ccc(Br)cc3)c3ccccc23)c([B])c([B])c1O. The molecule has 5 aromatic rings. The van der Waals surface area contributed by atoms with Gasteiger partial charge < -0.3 is 5.11 Å². The van der Waals surface area contributed by atoms with Crippen molar-refractivity contribution in [1.82, 2.24) is 0 Å². The molecule has 0 saturated carbocycles. The first kappa shape index (κ1) is 21.0. The van der Waals surface area contributed by atoms with E-state index in [1.54, 1.807) is 0 Å². The van der Waals surface area contributed by atoms with E-state index in [2.05, 4.69) is 40.2 Å². The van der Waals surface area contributed by atoms with E-state index in [1.165, 1.54) is 0 Å². The zero-order chi connectivity index (χ0) is 22.6. The van der Waals surface area contributed by atoms with Gasteiger partial charge in [0.05, 0.1) is 5.75 Å². The van der Waals surface area contributed by atoms with E-state index in [0.29, 0.717) is 5.56 Å². The van der Waals surface area contributed by atoms with Gasteiger partial charge in [-0.3, -0.25) is 0 Å². The monoisotopic (exact) mass is 464 g/mol. The first-order valence-corrected chi connectivity index (χ1v) is 10.8. The van der Waals surface area contributed by atoms with E-state index in [4.69, 9.17) is 31.4 Å². The molecule has 6 heteroatoms. The van der Waals surface area contributed by atoms with Crippen LogP contribution in [0.4, 0.5) is 0 Å². The van der Waals surface area contributed by atoms with E-state index in [9.17, 15) is 5.11 Å². The van der Waals surface area contributed by atoms with Gasteiger partial charge in [0.25, 0.3) is 0 Å².